The number of benzene rings is 1. The fourth-order valence-electron chi connectivity index (χ4n) is 3.15. The summed E-state index contributed by atoms with van der Waals surface area (Å²) in [6.07, 6.45) is 4.55. The lowest BCUT2D eigenvalue weighted by Crippen LogP contribution is -2.52. The van der Waals surface area contributed by atoms with Crippen molar-refractivity contribution >= 4 is 15.9 Å². The van der Waals surface area contributed by atoms with Crippen molar-refractivity contribution in [2.24, 2.45) is 0 Å². The maximum Gasteiger partial charge on any atom is 0.137 e. The van der Waals surface area contributed by atoms with E-state index in [1.807, 2.05) is 14.1 Å². The zero-order valence-corrected chi connectivity index (χ0v) is 13.1. The molecule has 1 aliphatic carbocycles. The molecule has 0 aliphatic heterocycles. The third kappa shape index (κ3) is 3.01. The molecule has 0 spiro atoms. The van der Waals surface area contributed by atoms with Gasteiger partial charge in [-0.2, -0.15) is 0 Å². The highest BCUT2D eigenvalue weighted by molar-refractivity contribution is 9.10. The average Bonchev–Trinajstić information content (AvgIpc) is 2.84. The third-order valence-corrected chi connectivity index (χ3v) is 5.00. The van der Waals surface area contributed by atoms with Gasteiger partial charge in [-0.1, -0.05) is 18.9 Å². The van der Waals surface area contributed by atoms with Gasteiger partial charge in [0.2, 0.25) is 0 Å². The Kier molecular flexibility index (Phi) is 4.64. The minimum Gasteiger partial charge on any atom is -0.391 e. The lowest BCUT2D eigenvalue weighted by molar-refractivity contribution is -0.00251. The van der Waals surface area contributed by atoms with Gasteiger partial charge in [0.05, 0.1) is 10.6 Å². The number of rotatable bonds is 4. The molecular weight excluding hydrogens is 309 g/mol. The first-order chi connectivity index (χ1) is 8.95. The summed E-state index contributed by atoms with van der Waals surface area (Å²) in [6.45, 7) is 0. The van der Waals surface area contributed by atoms with Crippen molar-refractivity contribution in [1.82, 2.24) is 4.90 Å². The minimum absolute atomic E-state index is 0.124. The van der Waals surface area contributed by atoms with Crippen LogP contribution in [0.4, 0.5) is 4.39 Å². The minimum atomic E-state index is -0.414. The van der Waals surface area contributed by atoms with Crippen LogP contribution in [0.15, 0.2) is 22.7 Å². The van der Waals surface area contributed by atoms with Gasteiger partial charge in [0.1, 0.15) is 5.82 Å². The number of nitrogens with zero attached hydrogens (tertiary/aromatic N) is 1. The molecule has 0 heterocycles. The topological polar surface area (TPSA) is 23.5 Å². The van der Waals surface area contributed by atoms with E-state index in [0.29, 0.717) is 10.9 Å². The van der Waals surface area contributed by atoms with Crippen molar-refractivity contribution in [2.45, 2.75) is 43.7 Å². The summed E-state index contributed by atoms with van der Waals surface area (Å²) in [5.74, 6) is -0.263. The Morgan fingerprint density at radius 3 is 2.53 bits per heavy atom. The van der Waals surface area contributed by atoms with Gasteiger partial charge in [0.15, 0.2) is 0 Å². The summed E-state index contributed by atoms with van der Waals surface area (Å²) in [5.41, 5.74) is 0.842. The van der Waals surface area contributed by atoms with Crippen molar-refractivity contribution in [3.05, 3.63) is 34.1 Å². The quantitative estimate of drug-likeness (QED) is 0.915. The van der Waals surface area contributed by atoms with Crippen LogP contribution >= 0.6 is 15.9 Å². The van der Waals surface area contributed by atoms with Gasteiger partial charge in [-0.15, -0.1) is 0 Å². The zero-order chi connectivity index (χ0) is 14.0. The van der Waals surface area contributed by atoms with E-state index in [9.17, 15) is 9.50 Å². The number of aliphatic hydroxyl groups excluding tert-OH is 1. The monoisotopic (exact) mass is 329 g/mol. The van der Waals surface area contributed by atoms with Crippen molar-refractivity contribution in [2.75, 3.05) is 14.1 Å². The molecule has 0 bridgehead atoms. The summed E-state index contributed by atoms with van der Waals surface area (Å²) in [6, 6.07) is 4.96. The molecule has 0 aromatic heterocycles. The third-order valence-electron chi connectivity index (χ3n) is 4.39. The van der Waals surface area contributed by atoms with E-state index in [1.165, 1.54) is 18.9 Å². The Bertz CT molecular complexity index is 444. The molecule has 1 unspecified atom stereocenters. The first-order valence-corrected chi connectivity index (χ1v) is 7.54. The Morgan fingerprint density at radius 1 is 1.37 bits per heavy atom. The SMILES string of the molecule is CN(C)C1(C(O)Cc2ccc(F)c(Br)c2)CCCC1. The van der Waals surface area contributed by atoms with E-state index in [0.717, 1.165) is 18.4 Å². The molecule has 1 aromatic rings. The molecule has 0 saturated heterocycles. The van der Waals surface area contributed by atoms with Crippen LogP contribution in [-0.2, 0) is 6.42 Å². The largest absolute Gasteiger partial charge is 0.391 e. The van der Waals surface area contributed by atoms with Crippen LogP contribution in [0.5, 0.6) is 0 Å². The number of halogens is 2. The molecule has 1 saturated carbocycles. The van der Waals surface area contributed by atoms with Crippen molar-refractivity contribution in [1.29, 1.82) is 0 Å². The average molecular weight is 330 g/mol. The highest BCUT2D eigenvalue weighted by Gasteiger charge is 2.42. The van der Waals surface area contributed by atoms with E-state index in [-0.39, 0.29) is 11.4 Å². The molecule has 1 aromatic carbocycles. The lowest BCUT2D eigenvalue weighted by atomic mass is 9.85. The molecule has 0 radical (unpaired) electrons. The number of likely N-dealkylation sites (N-methyl/N-ethyl adjacent to an activating group) is 1. The van der Waals surface area contributed by atoms with E-state index in [4.69, 9.17) is 0 Å². The summed E-state index contributed by atoms with van der Waals surface area (Å²) in [5, 5.41) is 10.6. The fraction of sp³-hybridized carbons (Fsp3) is 0.600. The van der Waals surface area contributed by atoms with Crippen LogP contribution in [-0.4, -0.2) is 35.7 Å². The lowest BCUT2D eigenvalue weighted by Gasteiger charge is -2.40. The number of hydrogen-bond donors (Lipinski definition) is 1. The van der Waals surface area contributed by atoms with Gasteiger partial charge in [0.25, 0.3) is 0 Å². The Morgan fingerprint density at radius 2 is 2.00 bits per heavy atom. The Hall–Kier alpha value is -0.450. The molecule has 19 heavy (non-hydrogen) atoms. The van der Waals surface area contributed by atoms with Crippen LogP contribution in [0.25, 0.3) is 0 Å². The van der Waals surface area contributed by atoms with Gasteiger partial charge in [-0.05, 0) is 60.6 Å². The molecule has 1 N–H and O–H groups in total. The smallest absolute Gasteiger partial charge is 0.137 e. The standard InChI is InChI=1S/C15H21BrFNO/c1-18(2)15(7-3-4-8-15)14(19)10-11-5-6-13(17)12(16)9-11/h5-6,9,14,19H,3-4,7-8,10H2,1-2H3. The second-order valence-electron chi connectivity index (χ2n) is 5.67. The number of aliphatic hydroxyl groups is 1. The Balaban J connectivity index is 2.15. The molecule has 1 fully saturated rings. The molecular formula is C15H21BrFNO. The summed E-state index contributed by atoms with van der Waals surface area (Å²) in [4.78, 5) is 2.16. The Labute approximate surface area is 122 Å². The second-order valence-corrected chi connectivity index (χ2v) is 6.53. The predicted molar refractivity (Wildman–Crippen MR) is 78.7 cm³/mol. The van der Waals surface area contributed by atoms with Gasteiger partial charge in [0, 0.05) is 12.0 Å². The van der Waals surface area contributed by atoms with Crippen molar-refractivity contribution in [3.63, 3.8) is 0 Å². The van der Waals surface area contributed by atoms with Crippen LogP contribution < -0.4 is 0 Å². The maximum atomic E-state index is 13.2. The first kappa shape index (κ1) is 14.9. The fourth-order valence-corrected chi connectivity index (χ4v) is 3.57. The van der Waals surface area contributed by atoms with E-state index in [1.54, 1.807) is 12.1 Å². The van der Waals surface area contributed by atoms with E-state index in [2.05, 4.69) is 20.8 Å². The number of hydrogen-bond acceptors (Lipinski definition) is 2. The molecule has 106 valence electrons. The van der Waals surface area contributed by atoms with Gasteiger partial charge in [-0.3, -0.25) is 0 Å². The van der Waals surface area contributed by atoms with Gasteiger partial charge < -0.3 is 10.0 Å². The molecule has 2 nitrogen and oxygen atoms in total. The van der Waals surface area contributed by atoms with E-state index >= 15 is 0 Å². The van der Waals surface area contributed by atoms with Crippen LogP contribution in [0.1, 0.15) is 31.2 Å². The predicted octanol–water partition coefficient (Wildman–Crippen LogP) is 3.37. The molecule has 1 atom stereocenters. The molecule has 4 heteroatoms. The highest BCUT2D eigenvalue weighted by atomic mass is 79.9. The van der Waals surface area contributed by atoms with Gasteiger partial charge in [-0.25, -0.2) is 4.39 Å². The summed E-state index contributed by atoms with van der Waals surface area (Å²) >= 11 is 3.19. The molecule has 1 aliphatic rings. The zero-order valence-electron chi connectivity index (χ0n) is 11.5. The van der Waals surface area contributed by atoms with E-state index < -0.39 is 6.10 Å². The molecule has 0 amide bonds. The van der Waals surface area contributed by atoms with Crippen LogP contribution in [0.2, 0.25) is 0 Å². The van der Waals surface area contributed by atoms with Gasteiger partial charge >= 0.3 is 0 Å². The second kappa shape index (κ2) is 5.90. The van der Waals surface area contributed by atoms with Crippen molar-refractivity contribution in [3.8, 4) is 0 Å². The normalized spacial score (nSPS) is 19.9. The van der Waals surface area contributed by atoms with Crippen LogP contribution in [0, 0.1) is 5.82 Å². The highest BCUT2D eigenvalue weighted by Crippen LogP contribution is 2.38. The maximum absolute atomic E-state index is 13.2. The molecule has 2 rings (SSSR count). The summed E-state index contributed by atoms with van der Waals surface area (Å²) < 4.78 is 13.7. The summed E-state index contributed by atoms with van der Waals surface area (Å²) in [7, 11) is 4.07. The first-order valence-electron chi connectivity index (χ1n) is 6.75. The van der Waals surface area contributed by atoms with Crippen molar-refractivity contribution < 1.29 is 9.50 Å². The van der Waals surface area contributed by atoms with Crippen LogP contribution in [0.3, 0.4) is 0 Å².